The maximum Gasteiger partial charge on any atom is 0.255 e. The summed E-state index contributed by atoms with van der Waals surface area (Å²) in [6.07, 6.45) is 3.11. The number of hydrogen-bond donors (Lipinski definition) is 1. The van der Waals surface area contributed by atoms with Gasteiger partial charge in [0.25, 0.3) is 5.56 Å². The lowest BCUT2D eigenvalue weighted by atomic mass is 9.84. The molecule has 0 saturated carbocycles. The summed E-state index contributed by atoms with van der Waals surface area (Å²) in [6.45, 7) is 5.30. The Morgan fingerprint density at radius 1 is 1.17 bits per heavy atom. The van der Waals surface area contributed by atoms with Crippen LogP contribution < -0.4 is 10.9 Å². The van der Waals surface area contributed by atoms with Crippen molar-refractivity contribution in [1.82, 2.24) is 24.3 Å². The summed E-state index contributed by atoms with van der Waals surface area (Å²) < 4.78 is 4.23. The Labute approximate surface area is 189 Å². The van der Waals surface area contributed by atoms with Gasteiger partial charge in [-0.15, -0.1) is 24.8 Å². The van der Waals surface area contributed by atoms with Crippen molar-refractivity contribution in [2.75, 3.05) is 26.7 Å². The molecule has 2 atom stereocenters. The molecule has 0 aliphatic carbocycles. The third kappa shape index (κ3) is 4.28. The molecular weight excluding hydrogens is 421 g/mol. The number of benzene rings is 1. The van der Waals surface area contributed by atoms with E-state index in [4.69, 9.17) is 0 Å². The van der Waals surface area contributed by atoms with Crippen LogP contribution in [0.2, 0.25) is 0 Å². The van der Waals surface area contributed by atoms with Crippen LogP contribution in [0.1, 0.15) is 23.6 Å². The van der Waals surface area contributed by atoms with E-state index >= 15 is 0 Å². The molecule has 162 valence electrons. The van der Waals surface area contributed by atoms with E-state index in [-0.39, 0.29) is 30.4 Å². The van der Waals surface area contributed by atoms with Gasteiger partial charge in [-0.2, -0.15) is 0 Å². The molecule has 30 heavy (non-hydrogen) atoms. The predicted octanol–water partition coefficient (Wildman–Crippen LogP) is 2.88. The Morgan fingerprint density at radius 3 is 2.87 bits per heavy atom. The highest BCUT2D eigenvalue weighted by Gasteiger charge is 2.31. The van der Waals surface area contributed by atoms with E-state index in [2.05, 4.69) is 38.9 Å². The standard InChI is InChI=1S/C22H27N5O.2ClH/c1-25(8-9-26-15-24-19-4-2-3-5-21(19)26)14-17-6-7-20-18-10-16(11-23-12-18)13-27(20)22(17)28;;/h2-7,15-16,18,23H,8-14H2,1H3;2*1H/t16-,18+;;/m0../s1. The number of fused-ring (bicyclic) bond motifs is 5. The molecular formula is C22H29Cl2N5O. The van der Waals surface area contributed by atoms with Crippen LogP contribution in [0, 0.1) is 5.92 Å². The SMILES string of the molecule is CN(CCn1cnc2ccccc21)Cc1ccc2n(c1=O)C[C@@H]1CNC[C@H]2C1.Cl.Cl. The maximum atomic E-state index is 13.1. The van der Waals surface area contributed by atoms with Crippen molar-refractivity contribution in [3.63, 3.8) is 0 Å². The number of likely N-dealkylation sites (N-methyl/N-ethyl adjacent to an activating group) is 1. The molecule has 0 amide bonds. The number of nitrogens with one attached hydrogen (secondary N) is 1. The second kappa shape index (κ2) is 9.52. The van der Waals surface area contributed by atoms with Crippen molar-refractivity contribution in [3.8, 4) is 0 Å². The predicted molar refractivity (Wildman–Crippen MR) is 125 cm³/mol. The molecule has 1 aromatic carbocycles. The minimum atomic E-state index is 0. The van der Waals surface area contributed by atoms with Crippen LogP contribution in [0.3, 0.4) is 0 Å². The lowest BCUT2D eigenvalue weighted by molar-refractivity contribution is 0.254. The minimum Gasteiger partial charge on any atom is -0.329 e. The summed E-state index contributed by atoms with van der Waals surface area (Å²) in [7, 11) is 2.08. The van der Waals surface area contributed by atoms with Crippen LogP contribution in [0.5, 0.6) is 0 Å². The monoisotopic (exact) mass is 449 g/mol. The van der Waals surface area contributed by atoms with E-state index in [1.165, 1.54) is 12.1 Å². The zero-order chi connectivity index (χ0) is 19.1. The molecule has 1 N–H and O–H groups in total. The van der Waals surface area contributed by atoms with Crippen LogP contribution in [0.25, 0.3) is 11.0 Å². The van der Waals surface area contributed by atoms with Crippen molar-refractivity contribution < 1.29 is 0 Å². The van der Waals surface area contributed by atoms with Gasteiger partial charge in [-0.05, 0) is 44.1 Å². The average Bonchev–Trinajstić information content (AvgIpc) is 3.12. The van der Waals surface area contributed by atoms with Crippen LogP contribution in [-0.4, -0.2) is 45.7 Å². The number of piperidine rings is 1. The third-order valence-corrected chi connectivity index (χ3v) is 6.28. The fourth-order valence-corrected chi connectivity index (χ4v) is 4.79. The van der Waals surface area contributed by atoms with E-state index in [0.717, 1.165) is 49.3 Å². The first-order chi connectivity index (χ1) is 13.7. The van der Waals surface area contributed by atoms with Crippen molar-refractivity contribution in [2.45, 2.75) is 32.0 Å². The molecule has 0 unspecified atom stereocenters. The van der Waals surface area contributed by atoms with Gasteiger partial charge in [-0.25, -0.2) is 4.98 Å². The molecule has 8 heteroatoms. The quantitative estimate of drug-likeness (QED) is 0.650. The van der Waals surface area contributed by atoms with Crippen LogP contribution in [0.4, 0.5) is 0 Å². The Bertz CT molecular complexity index is 1060. The second-order valence-corrected chi connectivity index (χ2v) is 8.32. The summed E-state index contributed by atoms with van der Waals surface area (Å²) in [5.74, 6) is 1.08. The number of aromatic nitrogens is 3. The summed E-state index contributed by atoms with van der Waals surface area (Å²) in [5.41, 5.74) is 4.50. The van der Waals surface area contributed by atoms with Gasteiger partial charge in [0.05, 0.1) is 17.4 Å². The first kappa shape index (κ1) is 22.8. The number of halogens is 2. The van der Waals surface area contributed by atoms with Crippen LogP contribution in [0.15, 0.2) is 47.5 Å². The highest BCUT2D eigenvalue weighted by atomic mass is 35.5. The molecule has 0 spiro atoms. The minimum absolute atomic E-state index is 0. The fraction of sp³-hybridized carbons (Fsp3) is 0.455. The van der Waals surface area contributed by atoms with Crippen molar-refractivity contribution >= 4 is 35.8 Å². The van der Waals surface area contributed by atoms with Crippen molar-refractivity contribution in [3.05, 3.63) is 64.3 Å². The number of hydrogen-bond acceptors (Lipinski definition) is 4. The lowest BCUT2D eigenvalue weighted by Gasteiger charge is -2.37. The van der Waals surface area contributed by atoms with E-state index < -0.39 is 0 Å². The van der Waals surface area contributed by atoms with Crippen molar-refractivity contribution in [1.29, 1.82) is 0 Å². The van der Waals surface area contributed by atoms with E-state index in [1.807, 2.05) is 35.2 Å². The summed E-state index contributed by atoms with van der Waals surface area (Å²) in [6, 6.07) is 12.4. The van der Waals surface area contributed by atoms with Crippen LogP contribution in [-0.2, 0) is 19.6 Å². The molecule has 6 nitrogen and oxygen atoms in total. The Morgan fingerprint density at radius 2 is 2.00 bits per heavy atom. The molecule has 5 rings (SSSR count). The zero-order valence-electron chi connectivity index (χ0n) is 17.2. The maximum absolute atomic E-state index is 13.1. The third-order valence-electron chi connectivity index (χ3n) is 6.28. The van der Waals surface area contributed by atoms with Gasteiger partial charge in [0.15, 0.2) is 0 Å². The molecule has 2 aliphatic heterocycles. The van der Waals surface area contributed by atoms with Gasteiger partial charge < -0.3 is 19.4 Å². The van der Waals surface area contributed by atoms with E-state index in [0.29, 0.717) is 18.4 Å². The zero-order valence-corrected chi connectivity index (χ0v) is 18.8. The van der Waals surface area contributed by atoms with Gasteiger partial charge in [0.1, 0.15) is 0 Å². The Hall–Kier alpha value is -1.86. The normalized spacial score (nSPS) is 19.8. The number of nitrogens with zero attached hydrogens (tertiary/aromatic N) is 4. The lowest BCUT2D eigenvalue weighted by Crippen LogP contribution is -2.45. The van der Waals surface area contributed by atoms with Crippen LogP contribution >= 0.6 is 24.8 Å². The smallest absolute Gasteiger partial charge is 0.255 e. The second-order valence-electron chi connectivity index (χ2n) is 8.32. The van der Waals surface area contributed by atoms with E-state index in [1.54, 1.807) is 0 Å². The molecule has 2 aromatic heterocycles. The number of pyridine rings is 1. The fourth-order valence-electron chi connectivity index (χ4n) is 4.79. The van der Waals surface area contributed by atoms with Gasteiger partial charge >= 0.3 is 0 Å². The molecule has 1 saturated heterocycles. The highest BCUT2D eigenvalue weighted by molar-refractivity contribution is 5.85. The summed E-state index contributed by atoms with van der Waals surface area (Å²) in [4.78, 5) is 19.8. The number of para-hydroxylation sites is 2. The Kier molecular flexibility index (Phi) is 7.24. The average molecular weight is 450 g/mol. The highest BCUT2D eigenvalue weighted by Crippen LogP contribution is 2.31. The first-order valence-electron chi connectivity index (χ1n) is 10.2. The molecule has 3 aromatic rings. The number of rotatable bonds is 5. The van der Waals surface area contributed by atoms with Gasteiger partial charge in [0.2, 0.25) is 0 Å². The molecule has 1 fully saturated rings. The van der Waals surface area contributed by atoms with Gasteiger partial charge in [-0.1, -0.05) is 18.2 Å². The molecule has 2 aliphatic rings. The van der Waals surface area contributed by atoms with Gasteiger partial charge in [-0.3, -0.25) is 4.79 Å². The van der Waals surface area contributed by atoms with Gasteiger partial charge in [0, 0.05) is 49.9 Å². The topological polar surface area (TPSA) is 55.1 Å². The molecule has 0 radical (unpaired) electrons. The Balaban J connectivity index is 0.00000128. The summed E-state index contributed by atoms with van der Waals surface area (Å²) in [5, 5.41) is 3.51. The number of imidazole rings is 1. The first-order valence-corrected chi connectivity index (χ1v) is 10.2. The largest absolute Gasteiger partial charge is 0.329 e. The molecule has 2 bridgehead atoms. The van der Waals surface area contributed by atoms with E-state index in [9.17, 15) is 4.79 Å². The van der Waals surface area contributed by atoms with Crippen molar-refractivity contribution in [2.24, 2.45) is 5.92 Å². The molecule has 4 heterocycles. The summed E-state index contributed by atoms with van der Waals surface area (Å²) >= 11 is 0.